The molecule has 1 aromatic heterocycles. The van der Waals surface area contributed by atoms with Gasteiger partial charge in [0.05, 0.1) is 5.92 Å². The topological polar surface area (TPSA) is 74.3 Å². The van der Waals surface area contributed by atoms with E-state index in [1.165, 1.54) is 12.8 Å². The molecule has 0 spiro atoms. The highest BCUT2D eigenvalue weighted by Crippen LogP contribution is 2.25. The molecule has 3 atom stereocenters. The molecule has 2 aliphatic rings. The van der Waals surface area contributed by atoms with Gasteiger partial charge in [-0.15, -0.1) is 24.8 Å². The summed E-state index contributed by atoms with van der Waals surface area (Å²) in [5.41, 5.74) is 1.06. The number of pyridine rings is 1. The van der Waals surface area contributed by atoms with E-state index in [1.807, 2.05) is 24.0 Å². The van der Waals surface area contributed by atoms with Crippen LogP contribution in [0.1, 0.15) is 44.6 Å². The fourth-order valence-electron chi connectivity index (χ4n) is 4.12. The SMILES string of the molecule is Cc1ccc(NC(=O)C2CCCN(C(=O)CC(C)C3CCCNC3)C2)nc1.Cl.Cl. The maximum absolute atomic E-state index is 12.8. The summed E-state index contributed by atoms with van der Waals surface area (Å²) in [6, 6.07) is 3.75. The van der Waals surface area contributed by atoms with Crippen LogP contribution < -0.4 is 10.6 Å². The van der Waals surface area contributed by atoms with Gasteiger partial charge in [0.1, 0.15) is 5.82 Å². The van der Waals surface area contributed by atoms with Gasteiger partial charge in [-0.3, -0.25) is 9.59 Å². The molecule has 29 heavy (non-hydrogen) atoms. The number of nitrogens with one attached hydrogen (secondary N) is 2. The highest BCUT2D eigenvalue weighted by Gasteiger charge is 2.30. The van der Waals surface area contributed by atoms with Crippen LogP contribution in [0.4, 0.5) is 5.82 Å². The Balaban J connectivity index is 0.00000210. The molecular weight excluding hydrogens is 411 g/mol. The molecule has 6 nitrogen and oxygen atoms in total. The van der Waals surface area contributed by atoms with E-state index in [0.29, 0.717) is 30.6 Å². The molecule has 2 amide bonds. The van der Waals surface area contributed by atoms with Crippen LogP contribution in [0.5, 0.6) is 0 Å². The zero-order valence-electron chi connectivity index (χ0n) is 17.4. The number of amides is 2. The van der Waals surface area contributed by atoms with Gasteiger partial charge in [-0.05, 0) is 69.2 Å². The van der Waals surface area contributed by atoms with E-state index in [9.17, 15) is 9.59 Å². The monoisotopic (exact) mass is 444 g/mol. The van der Waals surface area contributed by atoms with E-state index < -0.39 is 0 Å². The lowest BCUT2D eigenvalue weighted by molar-refractivity contribution is -0.135. The van der Waals surface area contributed by atoms with Crippen molar-refractivity contribution in [2.45, 2.75) is 46.0 Å². The number of carbonyl (C=O) groups is 2. The molecule has 3 heterocycles. The Labute approximate surface area is 186 Å². The molecule has 0 bridgehead atoms. The lowest BCUT2D eigenvalue weighted by Gasteiger charge is -2.34. The molecule has 0 aromatic carbocycles. The summed E-state index contributed by atoms with van der Waals surface area (Å²) < 4.78 is 0. The minimum atomic E-state index is -0.155. The van der Waals surface area contributed by atoms with Crippen molar-refractivity contribution >= 4 is 42.4 Å². The van der Waals surface area contributed by atoms with Crippen molar-refractivity contribution in [3.63, 3.8) is 0 Å². The molecular formula is C21H34Cl2N4O2. The molecule has 0 saturated carbocycles. The Morgan fingerprint density at radius 1 is 1.28 bits per heavy atom. The number of aryl methyl sites for hydroxylation is 1. The van der Waals surface area contributed by atoms with Gasteiger partial charge in [0.25, 0.3) is 0 Å². The summed E-state index contributed by atoms with van der Waals surface area (Å²) in [6.45, 7) is 7.55. The zero-order chi connectivity index (χ0) is 19.2. The smallest absolute Gasteiger partial charge is 0.230 e. The Hall–Kier alpha value is -1.37. The van der Waals surface area contributed by atoms with Crippen molar-refractivity contribution in [2.24, 2.45) is 17.8 Å². The van der Waals surface area contributed by atoms with Gasteiger partial charge in [-0.1, -0.05) is 13.0 Å². The second-order valence-corrected chi connectivity index (χ2v) is 8.18. The van der Waals surface area contributed by atoms with Crippen molar-refractivity contribution in [1.29, 1.82) is 0 Å². The number of aromatic nitrogens is 1. The quantitative estimate of drug-likeness (QED) is 0.728. The number of anilines is 1. The third-order valence-electron chi connectivity index (χ3n) is 5.94. The largest absolute Gasteiger partial charge is 0.342 e. The third-order valence-corrected chi connectivity index (χ3v) is 5.94. The van der Waals surface area contributed by atoms with Crippen LogP contribution >= 0.6 is 24.8 Å². The number of hydrogen-bond acceptors (Lipinski definition) is 4. The maximum Gasteiger partial charge on any atom is 0.230 e. The minimum Gasteiger partial charge on any atom is -0.342 e. The summed E-state index contributed by atoms with van der Waals surface area (Å²) in [7, 11) is 0. The first kappa shape index (κ1) is 25.7. The lowest BCUT2D eigenvalue weighted by Crippen LogP contribution is -2.45. The van der Waals surface area contributed by atoms with E-state index in [-0.39, 0.29) is 42.5 Å². The summed E-state index contributed by atoms with van der Waals surface area (Å²) in [6.07, 6.45) is 6.43. The van der Waals surface area contributed by atoms with E-state index in [1.54, 1.807) is 6.20 Å². The summed E-state index contributed by atoms with van der Waals surface area (Å²) in [5, 5.41) is 6.33. The van der Waals surface area contributed by atoms with Gasteiger partial charge in [-0.2, -0.15) is 0 Å². The summed E-state index contributed by atoms with van der Waals surface area (Å²) >= 11 is 0. The van der Waals surface area contributed by atoms with E-state index in [2.05, 4.69) is 22.5 Å². The lowest BCUT2D eigenvalue weighted by atomic mass is 9.85. The molecule has 0 aliphatic carbocycles. The molecule has 3 rings (SSSR count). The van der Waals surface area contributed by atoms with Crippen LogP contribution in [-0.4, -0.2) is 47.9 Å². The fraction of sp³-hybridized carbons (Fsp3) is 0.667. The Bertz CT molecular complexity index is 651. The van der Waals surface area contributed by atoms with Gasteiger partial charge in [0.2, 0.25) is 11.8 Å². The first-order valence-electron chi connectivity index (χ1n) is 10.2. The average molecular weight is 445 g/mol. The molecule has 0 radical (unpaired) electrons. The van der Waals surface area contributed by atoms with Crippen LogP contribution in [0.15, 0.2) is 18.3 Å². The van der Waals surface area contributed by atoms with E-state index in [0.717, 1.165) is 38.0 Å². The highest BCUT2D eigenvalue weighted by molar-refractivity contribution is 5.92. The maximum atomic E-state index is 12.8. The normalized spacial score (nSPS) is 22.6. The van der Waals surface area contributed by atoms with Crippen LogP contribution in [0.25, 0.3) is 0 Å². The zero-order valence-corrected chi connectivity index (χ0v) is 19.0. The first-order chi connectivity index (χ1) is 13.0. The Kier molecular flexibility index (Phi) is 10.9. The van der Waals surface area contributed by atoms with Gasteiger partial charge in [0.15, 0.2) is 0 Å². The second-order valence-electron chi connectivity index (χ2n) is 8.18. The number of rotatable bonds is 5. The second kappa shape index (κ2) is 12.4. The van der Waals surface area contributed by atoms with Crippen LogP contribution in [0.2, 0.25) is 0 Å². The summed E-state index contributed by atoms with van der Waals surface area (Å²) in [4.78, 5) is 31.5. The standard InChI is InChI=1S/C21H32N4O2.2ClH/c1-15-7-8-19(23-12-15)24-21(27)18-6-4-10-25(14-18)20(26)11-16(2)17-5-3-9-22-13-17;;/h7-8,12,16-18,22H,3-6,9-11,13-14H2,1-2H3,(H,23,24,27);2*1H. The van der Waals surface area contributed by atoms with Crippen molar-refractivity contribution in [3.8, 4) is 0 Å². The van der Waals surface area contributed by atoms with Crippen LogP contribution in [-0.2, 0) is 9.59 Å². The molecule has 8 heteroatoms. The van der Waals surface area contributed by atoms with Gasteiger partial charge in [0, 0.05) is 25.7 Å². The predicted molar refractivity (Wildman–Crippen MR) is 121 cm³/mol. The fourth-order valence-corrected chi connectivity index (χ4v) is 4.12. The molecule has 2 aliphatic heterocycles. The molecule has 3 unspecified atom stereocenters. The first-order valence-corrected chi connectivity index (χ1v) is 10.2. The Morgan fingerprint density at radius 2 is 2.07 bits per heavy atom. The van der Waals surface area contributed by atoms with Crippen LogP contribution in [0.3, 0.4) is 0 Å². The van der Waals surface area contributed by atoms with E-state index >= 15 is 0 Å². The van der Waals surface area contributed by atoms with Gasteiger partial charge >= 0.3 is 0 Å². The summed E-state index contributed by atoms with van der Waals surface area (Å²) in [5.74, 6) is 1.55. The molecule has 1 aromatic rings. The number of piperidine rings is 2. The number of nitrogens with zero attached hydrogens (tertiary/aromatic N) is 2. The number of hydrogen-bond donors (Lipinski definition) is 2. The molecule has 2 N–H and O–H groups in total. The minimum absolute atomic E-state index is 0. The number of carbonyl (C=O) groups excluding carboxylic acids is 2. The van der Waals surface area contributed by atoms with Gasteiger partial charge < -0.3 is 15.5 Å². The van der Waals surface area contributed by atoms with E-state index in [4.69, 9.17) is 0 Å². The van der Waals surface area contributed by atoms with Gasteiger partial charge in [-0.25, -0.2) is 4.98 Å². The van der Waals surface area contributed by atoms with Crippen LogP contribution in [0, 0.1) is 24.7 Å². The predicted octanol–water partition coefficient (Wildman–Crippen LogP) is 3.44. The van der Waals surface area contributed by atoms with Crippen molar-refractivity contribution < 1.29 is 9.59 Å². The number of halogens is 2. The third kappa shape index (κ3) is 7.43. The van der Waals surface area contributed by atoms with Crippen molar-refractivity contribution in [2.75, 3.05) is 31.5 Å². The number of likely N-dealkylation sites (tertiary alicyclic amines) is 1. The molecule has 2 saturated heterocycles. The highest BCUT2D eigenvalue weighted by atomic mass is 35.5. The molecule has 164 valence electrons. The average Bonchev–Trinajstić information content (AvgIpc) is 2.70. The van der Waals surface area contributed by atoms with Crippen molar-refractivity contribution in [3.05, 3.63) is 23.9 Å². The Morgan fingerprint density at radius 3 is 2.72 bits per heavy atom. The molecule has 2 fully saturated rings. The van der Waals surface area contributed by atoms with Crippen molar-refractivity contribution in [1.82, 2.24) is 15.2 Å².